The van der Waals surface area contributed by atoms with Gasteiger partial charge in [0.2, 0.25) is 11.5 Å². The van der Waals surface area contributed by atoms with E-state index in [0.717, 1.165) is 38.6 Å². The summed E-state index contributed by atoms with van der Waals surface area (Å²) in [5.74, 6) is -5.87. The van der Waals surface area contributed by atoms with Crippen molar-refractivity contribution in [2.45, 2.75) is 63.3 Å². The largest absolute Gasteiger partial charge is 0.444 e. The van der Waals surface area contributed by atoms with Crippen molar-refractivity contribution in [2.24, 2.45) is 7.05 Å². The average Bonchev–Trinajstić information content (AvgIpc) is 3.73. The summed E-state index contributed by atoms with van der Waals surface area (Å²) in [4.78, 5) is 55.9. The number of amides is 4. The van der Waals surface area contributed by atoms with Gasteiger partial charge in [0.15, 0.2) is 0 Å². The number of hydrogen-bond acceptors (Lipinski definition) is 7. The number of imide groups is 1. The minimum atomic E-state index is -3.57. The molecular formula is C33H34F3N5O6. The highest BCUT2D eigenvalue weighted by Gasteiger charge is 2.59. The number of hydrogen-bond donors (Lipinski definition) is 0. The van der Waals surface area contributed by atoms with Crippen molar-refractivity contribution in [1.82, 2.24) is 24.5 Å². The minimum Gasteiger partial charge on any atom is -0.444 e. The fraction of sp³-hybridized carbons (Fsp3) is 0.424. The first-order chi connectivity index (χ1) is 22.1. The maximum atomic E-state index is 15.6. The number of aryl methyl sites for hydroxylation is 2. The minimum absolute atomic E-state index is 0.152. The lowest BCUT2D eigenvalue weighted by atomic mass is 9.93. The van der Waals surface area contributed by atoms with Crippen LogP contribution < -0.4 is 0 Å². The lowest BCUT2D eigenvalue weighted by molar-refractivity contribution is -0.147. The molecule has 1 aliphatic carbocycles. The van der Waals surface area contributed by atoms with Crippen LogP contribution in [0.5, 0.6) is 0 Å². The summed E-state index contributed by atoms with van der Waals surface area (Å²) in [5.41, 5.74) is 0.767. The van der Waals surface area contributed by atoms with Gasteiger partial charge >= 0.3 is 12.2 Å². The number of nitrogens with zero attached hydrogens (tertiary/aromatic N) is 5. The molecular weight excluding hydrogens is 619 g/mol. The third-order valence-electron chi connectivity index (χ3n) is 8.59. The molecule has 14 heteroatoms. The van der Waals surface area contributed by atoms with Gasteiger partial charge in [0, 0.05) is 37.3 Å². The van der Waals surface area contributed by atoms with Crippen LogP contribution in [0.1, 0.15) is 43.9 Å². The molecule has 6 rings (SSSR count). The molecule has 4 amide bonds. The first-order valence-electron chi connectivity index (χ1n) is 15.1. The molecule has 3 aromatic rings. The number of benzene rings is 2. The Morgan fingerprint density at radius 1 is 1.11 bits per heavy atom. The van der Waals surface area contributed by atoms with Gasteiger partial charge in [-0.25, -0.2) is 27.7 Å². The second kappa shape index (κ2) is 11.4. The summed E-state index contributed by atoms with van der Waals surface area (Å²) in [6.07, 6.45) is 2.09. The molecule has 2 aliphatic heterocycles. The van der Waals surface area contributed by atoms with Crippen LogP contribution in [0.4, 0.5) is 22.8 Å². The number of rotatable bonds is 6. The van der Waals surface area contributed by atoms with Gasteiger partial charge in [-0.05, 0) is 56.0 Å². The van der Waals surface area contributed by atoms with Crippen LogP contribution >= 0.6 is 0 Å². The number of halogens is 3. The van der Waals surface area contributed by atoms with E-state index >= 15 is 8.78 Å². The Hall–Kier alpha value is -4.88. The molecule has 2 fully saturated rings. The lowest BCUT2D eigenvalue weighted by Gasteiger charge is -2.33. The molecule has 0 bridgehead atoms. The van der Waals surface area contributed by atoms with Crippen molar-refractivity contribution in [3.63, 3.8) is 0 Å². The smallest absolute Gasteiger partial charge is 0.418 e. The Morgan fingerprint density at radius 3 is 2.49 bits per heavy atom. The van der Waals surface area contributed by atoms with E-state index in [1.807, 2.05) is 12.3 Å². The van der Waals surface area contributed by atoms with Gasteiger partial charge in [-0.1, -0.05) is 30.3 Å². The molecule has 11 nitrogen and oxygen atoms in total. The standard InChI is InChI=1S/C33H34F3N5O6/c1-31(2,3)46-29(44)39-17-26(33(35,36)19-39)40(15-20-5-8-24(34)9-6-20)27(42)18-41-28(43)32(47-30(41)45)12-11-22-13-21(7-10-25(22)32)23-14-37-38(4)16-23/h5-10,13-14,16,26H,11-12,15,17-19H2,1-4H3/t26?,32-/m1/s1. The van der Waals surface area contributed by atoms with E-state index in [1.54, 1.807) is 50.8 Å². The normalized spacial score (nSPS) is 21.7. The topological polar surface area (TPSA) is 114 Å². The molecule has 248 valence electrons. The predicted octanol–water partition coefficient (Wildman–Crippen LogP) is 4.63. The molecule has 1 unspecified atom stereocenters. The Balaban J connectivity index is 1.25. The van der Waals surface area contributed by atoms with Crippen molar-refractivity contribution in [1.29, 1.82) is 0 Å². The summed E-state index contributed by atoms with van der Waals surface area (Å²) in [6, 6.07) is 8.52. The molecule has 2 saturated heterocycles. The van der Waals surface area contributed by atoms with Crippen LogP contribution in [0.15, 0.2) is 54.9 Å². The van der Waals surface area contributed by atoms with Gasteiger partial charge in [-0.3, -0.25) is 19.2 Å². The highest BCUT2D eigenvalue weighted by atomic mass is 19.3. The zero-order valence-electron chi connectivity index (χ0n) is 26.3. The maximum Gasteiger partial charge on any atom is 0.418 e. The molecule has 2 atom stereocenters. The fourth-order valence-electron chi connectivity index (χ4n) is 6.35. The second-order valence-corrected chi connectivity index (χ2v) is 13.1. The number of likely N-dealkylation sites (tertiary alicyclic amines) is 1. The molecule has 1 spiro atoms. The number of fused-ring (bicyclic) bond motifs is 2. The number of alkyl halides is 2. The Bertz CT molecular complexity index is 1750. The van der Waals surface area contributed by atoms with Crippen LogP contribution in [0.3, 0.4) is 0 Å². The Labute approximate surface area is 268 Å². The molecule has 3 heterocycles. The predicted molar refractivity (Wildman–Crippen MR) is 160 cm³/mol. The first-order valence-corrected chi connectivity index (χ1v) is 15.1. The fourth-order valence-corrected chi connectivity index (χ4v) is 6.35. The quantitative estimate of drug-likeness (QED) is 0.381. The highest BCUT2D eigenvalue weighted by molar-refractivity contribution is 6.06. The van der Waals surface area contributed by atoms with Crippen molar-refractivity contribution in [3.05, 3.63) is 77.4 Å². The van der Waals surface area contributed by atoms with E-state index in [4.69, 9.17) is 9.47 Å². The number of ether oxygens (including phenoxy) is 2. The van der Waals surface area contributed by atoms with Crippen molar-refractivity contribution < 1.29 is 41.8 Å². The third-order valence-corrected chi connectivity index (χ3v) is 8.59. The van der Waals surface area contributed by atoms with E-state index in [9.17, 15) is 23.6 Å². The number of aromatic nitrogens is 2. The molecule has 0 radical (unpaired) electrons. The van der Waals surface area contributed by atoms with Crippen LogP contribution in [-0.4, -0.2) is 85.7 Å². The van der Waals surface area contributed by atoms with Crippen LogP contribution in [-0.2, 0) is 44.7 Å². The van der Waals surface area contributed by atoms with Gasteiger partial charge in [-0.15, -0.1) is 0 Å². The van der Waals surface area contributed by atoms with Gasteiger partial charge in [0.25, 0.3) is 11.8 Å². The third kappa shape index (κ3) is 6.03. The molecule has 0 N–H and O–H groups in total. The summed E-state index contributed by atoms with van der Waals surface area (Å²) >= 11 is 0. The van der Waals surface area contributed by atoms with Crippen molar-refractivity contribution >= 4 is 24.0 Å². The molecule has 1 aromatic heterocycles. The zero-order valence-corrected chi connectivity index (χ0v) is 26.3. The lowest BCUT2D eigenvalue weighted by Crippen LogP contribution is -2.53. The van der Waals surface area contributed by atoms with E-state index in [2.05, 4.69) is 5.10 Å². The monoisotopic (exact) mass is 653 g/mol. The van der Waals surface area contributed by atoms with Crippen molar-refractivity contribution in [3.8, 4) is 11.1 Å². The Morgan fingerprint density at radius 2 is 1.83 bits per heavy atom. The van der Waals surface area contributed by atoms with Gasteiger partial charge < -0.3 is 14.4 Å². The van der Waals surface area contributed by atoms with Gasteiger partial charge in [-0.2, -0.15) is 5.10 Å². The SMILES string of the molecule is Cn1cc(-c2ccc3c(c2)CC[C@@]32OC(=O)N(CC(=O)N(Cc3ccc(F)cc3)C3CN(C(=O)OC(C)(C)C)CC3(F)F)C2=O)cn1. The second-order valence-electron chi connectivity index (χ2n) is 13.1. The van der Waals surface area contributed by atoms with Gasteiger partial charge in [0.1, 0.15) is 24.0 Å². The molecule has 0 saturated carbocycles. The molecule has 3 aliphatic rings. The van der Waals surface area contributed by atoms with Gasteiger partial charge in [0.05, 0.1) is 19.3 Å². The average molecular weight is 654 g/mol. The van der Waals surface area contributed by atoms with Crippen LogP contribution in [0.25, 0.3) is 11.1 Å². The summed E-state index contributed by atoms with van der Waals surface area (Å²) in [6.45, 7) is 1.95. The zero-order chi connectivity index (χ0) is 33.9. The summed E-state index contributed by atoms with van der Waals surface area (Å²) in [7, 11) is 1.80. The molecule has 47 heavy (non-hydrogen) atoms. The Kier molecular flexibility index (Phi) is 7.80. The van der Waals surface area contributed by atoms with E-state index in [-0.39, 0.29) is 6.42 Å². The number of carbonyl (C=O) groups is 4. The maximum absolute atomic E-state index is 15.6. The number of carbonyl (C=O) groups excluding carboxylic acids is 4. The first kappa shape index (κ1) is 32.1. The van der Waals surface area contributed by atoms with Crippen LogP contribution in [0, 0.1) is 5.82 Å². The summed E-state index contributed by atoms with van der Waals surface area (Å²) < 4.78 is 57.4. The van der Waals surface area contributed by atoms with Crippen molar-refractivity contribution in [2.75, 3.05) is 19.6 Å². The van der Waals surface area contributed by atoms with E-state index in [1.165, 1.54) is 12.1 Å². The summed E-state index contributed by atoms with van der Waals surface area (Å²) in [5, 5.41) is 4.19. The van der Waals surface area contributed by atoms with Crippen LogP contribution in [0.2, 0.25) is 0 Å². The molecule has 2 aromatic carbocycles. The highest BCUT2D eigenvalue weighted by Crippen LogP contribution is 2.46. The van der Waals surface area contributed by atoms with E-state index in [0.29, 0.717) is 22.4 Å². The van der Waals surface area contributed by atoms with E-state index < -0.39 is 79.2 Å².